The summed E-state index contributed by atoms with van der Waals surface area (Å²) in [4.78, 5) is 15.1. The minimum absolute atomic E-state index is 0.130. The van der Waals surface area contributed by atoms with Gasteiger partial charge in [-0.05, 0) is 25.0 Å². The summed E-state index contributed by atoms with van der Waals surface area (Å²) < 4.78 is 23.0. The number of thioether (sulfide) groups is 1. The van der Waals surface area contributed by atoms with Gasteiger partial charge in [-0.2, -0.15) is 0 Å². The van der Waals surface area contributed by atoms with Crippen LogP contribution in [0.5, 0.6) is 0 Å². The minimum atomic E-state index is -2.97. The van der Waals surface area contributed by atoms with Gasteiger partial charge in [0.1, 0.15) is 9.84 Å². The number of hydrogen-bond donors (Lipinski definition) is 0. The fraction of sp³-hybridized carbons (Fsp3) is 0.533. The first-order chi connectivity index (χ1) is 9.97. The molecule has 4 nitrogen and oxygen atoms in total. The van der Waals surface area contributed by atoms with E-state index in [0.717, 1.165) is 5.75 Å². The summed E-state index contributed by atoms with van der Waals surface area (Å²) in [5, 5.41) is -0.278. The number of sulfone groups is 1. The van der Waals surface area contributed by atoms with E-state index in [1.54, 1.807) is 16.7 Å². The highest BCUT2D eigenvalue weighted by atomic mass is 32.2. The molecule has 0 radical (unpaired) electrons. The number of amides is 1. The van der Waals surface area contributed by atoms with Gasteiger partial charge >= 0.3 is 0 Å². The molecular formula is C15H21NO3S2. The first-order valence-corrected chi connectivity index (χ1v) is 10.1. The zero-order valence-electron chi connectivity index (χ0n) is 12.2. The summed E-state index contributed by atoms with van der Waals surface area (Å²) >= 11 is 1.67. The molecule has 0 aliphatic carbocycles. The molecule has 1 heterocycles. The topological polar surface area (TPSA) is 54.5 Å². The highest BCUT2D eigenvalue weighted by Crippen LogP contribution is 2.20. The monoisotopic (exact) mass is 327 g/mol. The third-order valence-corrected chi connectivity index (χ3v) is 6.42. The highest BCUT2D eigenvalue weighted by Gasteiger charge is 2.28. The number of hydrogen-bond acceptors (Lipinski definition) is 4. The lowest BCUT2D eigenvalue weighted by Crippen LogP contribution is -2.42. The second kappa shape index (κ2) is 7.31. The molecule has 1 aliphatic heterocycles. The van der Waals surface area contributed by atoms with Crippen LogP contribution in [0.25, 0.3) is 0 Å². The second-order valence-corrected chi connectivity index (χ2v) is 8.82. The Bertz CT molecular complexity index is 564. The quantitative estimate of drug-likeness (QED) is 0.778. The number of rotatable bonds is 5. The first-order valence-electron chi connectivity index (χ1n) is 7.11. The van der Waals surface area contributed by atoms with E-state index >= 15 is 0 Å². The first kappa shape index (κ1) is 16.4. The number of piperidine rings is 1. The Morgan fingerprint density at radius 2 is 1.86 bits per heavy atom. The standard InChI is InChI=1S/C15H21NO3S2/c1-21(18,19)14-7-10-16(11-8-14)15(17)9-12-20-13-5-3-2-4-6-13/h2-6,14H,7-12H2,1H3. The van der Waals surface area contributed by atoms with Crippen LogP contribution in [0.2, 0.25) is 0 Å². The van der Waals surface area contributed by atoms with E-state index in [4.69, 9.17) is 0 Å². The maximum atomic E-state index is 12.1. The van der Waals surface area contributed by atoms with Gasteiger partial charge < -0.3 is 4.90 Å². The Labute approximate surface area is 130 Å². The van der Waals surface area contributed by atoms with Crippen molar-refractivity contribution in [3.05, 3.63) is 30.3 Å². The molecule has 1 amide bonds. The average Bonchev–Trinajstić information content (AvgIpc) is 2.47. The Kier molecular flexibility index (Phi) is 5.70. The lowest BCUT2D eigenvalue weighted by Gasteiger charge is -2.31. The third kappa shape index (κ3) is 5.04. The molecule has 0 spiro atoms. The molecule has 1 aliphatic rings. The van der Waals surface area contributed by atoms with E-state index in [-0.39, 0.29) is 11.2 Å². The van der Waals surface area contributed by atoms with Gasteiger partial charge in [0.25, 0.3) is 0 Å². The fourth-order valence-electron chi connectivity index (χ4n) is 2.46. The van der Waals surface area contributed by atoms with Crippen LogP contribution >= 0.6 is 11.8 Å². The van der Waals surface area contributed by atoms with Crippen LogP contribution < -0.4 is 0 Å². The molecule has 0 saturated carbocycles. The van der Waals surface area contributed by atoms with Crippen molar-refractivity contribution in [1.82, 2.24) is 4.90 Å². The largest absolute Gasteiger partial charge is 0.343 e. The van der Waals surface area contributed by atoms with Crippen molar-refractivity contribution < 1.29 is 13.2 Å². The van der Waals surface area contributed by atoms with Crippen LogP contribution in [0.1, 0.15) is 19.3 Å². The molecule has 0 unspecified atom stereocenters. The second-order valence-electron chi connectivity index (χ2n) is 5.32. The SMILES string of the molecule is CS(=O)(=O)C1CCN(C(=O)CCSc2ccccc2)CC1. The molecule has 1 fully saturated rings. The predicted octanol–water partition coefficient (Wildman–Crippen LogP) is 2.20. The zero-order chi connectivity index (χ0) is 15.3. The third-order valence-electron chi connectivity index (χ3n) is 3.73. The predicted molar refractivity (Wildman–Crippen MR) is 86.2 cm³/mol. The van der Waals surface area contributed by atoms with Gasteiger partial charge in [-0.25, -0.2) is 8.42 Å². The lowest BCUT2D eigenvalue weighted by atomic mass is 10.1. The van der Waals surface area contributed by atoms with Crippen molar-refractivity contribution in [3.8, 4) is 0 Å². The van der Waals surface area contributed by atoms with Crippen molar-refractivity contribution in [1.29, 1.82) is 0 Å². The number of nitrogens with zero attached hydrogens (tertiary/aromatic N) is 1. The number of likely N-dealkylation sites (tertiary alicyclic amines) is 1. The van der Waals surface area contributed by atoms with Gasteiger partial charge in [-0.3, -0.25) is 4.79 Å². The molecule has 0 aromatic heterocycles. The maximum Gasteiger partial charge on any atom is 0.223 e. The molecule has 21 heavy (non-hydrogen) atoms. The summed E-state index contributed by atoms with van der Waals surface area (Å²) in [6.45, 7) is 1.12. The maximum absolute atomic E-state index is 12.1. The molecule has 0 N–H and O–H groups in total. The molecule has 1 saturated heterocycles. The van der Waals surface area contributed by atoms with E-state index < -0.39 is 9.84 Å². The Morgan fingerprint density at radius 1 is 1.24 bits per heavy atom. The molecule has 1 aromatic rings. The summed E-state index contributed by atoms with van der Waals surface area (Å²) in [5.41, 5.74) is 0. The number of carbonyl (C=O) groups is 1. The van der Waals surface area contributed by atoms with Crippen LogP contribution in [0.4, 0.5) is 0 Å². The van der Waals surface area contributed by atoms with Crippen molar-refractivity contribution in [2.75, 3.05) is 25.1 Å². The van der Waals surface area contributed by atoms with E-state index in [1.807, 2.05) is 30.3 Å². The van der Waals surface area contributed by atoms with Crippen LogP contribution in [-0.4, -0.2) is 49.6 Å². The Morgan fingerprint density at radius 3 is 2.43 bits per heavy atom. The minimum Gasteiger partial charge on any atom is -0.343 e. The van der Waals surface area contributed by atoms with Crippen molar-refractivity contribution >= 4 is 27.5 Å². The molecular weight excluding hydrogens is 306 g/mol. The summed E-state index contributed by atoms with van der Waals surface area (Å²) in [6, 6.07) is 10.0. The molecule has 2 rings (SSSR count). The van der Waals surface area contributed by atoms with Gasteiger partial charge in [0, 0.05) is 36.4 Å². The van der Waals surface area contributed by atoms with Gasteiger partial charge in [-0.15, -0.1) is 11.8 Å². The van der Waals surface area contributed by atoms with Crippen molar-refractivity contribution in [2.45, 2.75) is 29.4 Å². The fourth-order valence-corrected chi connectivity index (χ4v) is 4.39. The average molecular weight is 327 g/mol. The number of carbonyl (C=O) groups excluding carboxylic acids is 1. The zero-order valence-corrected chi connectivity index (χ0v) is 13.8. The summed E-state index contributed by atoms with van der Waals surface area (Å²) in [6.07, 6.45) is 2.92. The van der Waals surface area contributed by atoms with Crippen molar-refractivity contribution in [2.24, 2.45) is 0 Å². The normalized spacial score (nSPS) is 16.9. The molecule has 0 atom stereocenters. The molecule has 6 heteroatoms. The van der Waals surface area contributed by atoms with Gasteiger partial charge in [0.15, 0.2) is 0 Å². The Hall–Kier alpha value is -1.01. The Balaban J connectivity index is 1.73. The van der Waals surface area contributed by atoms with E-state index in [2.05, 4.69) is 0 Å². The molecule has 0 bridgehead atoms. The van der Waals surface area contributed by atoms with E-state index in [0.29, 0.717) is 32.4 Å². The highest BCUT2D eigenvalue weighted by molar-refractivity contribution is 7.99. The van der Waals surface area contributed by atoms with Crippen LogP contribution in [0.15, 0.2) is 35.2 Å². The van der Waals surface area contributed by atoms with Crippen LogP contribution in [-0.2, 0) is 14.6 Å². The summed E-state index contributed by atoms with van der Waals surface area (Å²) in [5.74, 6) is 0.889. The molecule has 116 valence electrons. The van der Waals surface area contributed by atoms with Crippen LogP contribution in [0, 0.1) is 0 Å². The number of benzene rings is 1. The smallest absolute Gasteiger partial charge is 0.223 e. The van der Waals surface area contributed by atoms with Crippen LogP contribution in [0.3, 0.4) is 0 Å². The van der Waals surface area contributed by atoms with Gasteiger partial charge in [-0.1, -0.05) is 18.2 Å². The van der Waals surface area contributed by atoms with Gasteiger partial charge in [0.2, 0.25) is 5.91 Å². The van der Waals surface area contributed by atoms with E-state index in [1.165, 1.54) is 11.2 Å². The lowest BCUT2D eigenvalue weighted by molar-refractivity contribution is -0.131. The summed E-state index contributed by atoms with van der Waals surface area (Å²) in [7, 11) is -2.97. The molecule has 1 aromatic carbocycles. The van der Waals surface area contributed by atoms with Gasteiger partial charge in [0.05, 0.1) is 5.25 Å². The van der Waals surface area contributed by atoms with Crippen molar-refractivity contribution in [3.63, 3.8) is 0 Å². The van der Waals surface area contributed by atoms with E-state index in [9.17, 15) is 13.2 Å².